The fourth-order valence-corrected chi connectivity index (χ4v) is 3.94. The molecule has 1 aliphatic heterocycles. The van der Waals surface area contributed by atoms with Crippen LogP contribution in [0.4, 0.5) is 0 Å². The normalized spacial score (nSPS) is 18.5. The third-order valence-electron chi connectivity index (χ3n) is 5.87. The largest absolute Gasteiger partial charge is 0.508 e. The van der Waals surface area contributed by atoms with E-state index in [0.29, 0.717) is 18.4 Å². The van der Waals surface area contributed by atoms with Crippen LogP contribution in [0.25, 0.3) is 0 Å². The Balaban J connectivity index is 2.10. The zero-order chi connectivity index (χ0) is 27.0. The molecule has 5 atom stereocenters. The lowest BCUT2D eigenvalue weighted by atomic mass is 10.0. The van der Waals surface area contributed by atoms with Crippen molar-refractivity contribution in [3.63, 3.8) is 0 Å². The zero-order valence-corrected chi connectivity index (χ0v) is 19.8. The lowest BCUT2D eigenvalue weighted by Gasteiger charge is -2.29. The Morgan fingerprint density at radius 1 is 1.11 bits per heavy atom. The number of phenols is 1. The highest BCUT2D eigenvalue weighted by Gasteiger charge is 2.38. The number of phenolic OH excluding ortho intramolecular Hbond substituents is 1. The van der Waals surface area contributed by atoms with Crippen LogP contribution in [0.1, 0.15) is 38.2 Å². The summed E-state index contributed by atoms with van der Waals surface area (Å²) in [6, 6.07) is 1.20. The van der Waals surface area contributed by atoms with Gasteiger partial charge in [-0.15, -0.1) is 0 Å². The minimum atomic E-state index is -1.66. The molecule has 198 valence electrons. The van der Waals surface area contributed by atoms with Gasteiger partial charge in [-0.1, -0.05) is 12.1 Å². The van der Waals surface area contributed by atoms with Gasteiger partial charge in [0.05, 0.1) is 12.1 Å². The molecule has 1 aromatic carbocycles. The van der Waals surface area contributed by atoms with Crippen molar-refractivity contribution in [1.82, 2.24) is 15.5 Å². The second kappa shape index (κ2) is 12.8. The summed E-state index contributed by atoms with van der Waals surface area (Å²) in [5.74, 6) is -4.82. The van der Waals surface area contributed by atoms with Crippen molar-refractivity contribution in [2.75, 3.05) is 6.54 Å². The van der Waals surface area contributed by atoms with E-state index < -0.39 is 66.4 Å². The number of carboxylic acid groups (broad SMARTS) is 2. The molecule has 36 heavy (non-hydrogen) atoms. The lowest BCUT2D eigenvalue weighted by Crippen LogP contribution is -2.58. The average molecular weight is 509 g/mol. The van der Waals surface area contributed by atoms with Gasteiger partial charge < -0.3 is 41.7 Å². The summed E-state index contributed by atoms with van der Waals surface area (Å²) < 4.78 is 0. The van der Waals surface area contributed by atoms with Crippen molar-refractivity contribution in [2.24, 2.45) is 5.73 Å². The van der Waals surface area contributed by atoms with E-state index in [4.69, 9.17) is 10.8 Å². The Labute approximate surface area is 207 Å². The molecule has 1 aromatic rings. The first-order valence-electron chi connectivity index (χ1n) is 11.5. The number of carbonyl (C=O) groups excluding carboxylic acids is 3. The molecule has 8 N–H and O–H groups in total. The van der Waals surface area contributed by atoms with E-state index in [2.05, 4.69) is 10.6 Å². The van der Waals surface area contributed by atoms with Gasteiger partial charge in [-0.3, -0.25) is 19.2 Å². The van der Waals surface area contributed by atoms with Gasteiger partial charge in [-0.2, -0.15) is 0 Å². The van der Waals surface area contributed by atoms with Gasteiger partial charge >= 0.3 is 11.9 Å². The molecule has 0 aliphatic carbocycles. The molecule has 0 bridgehead atoms. The number of likely N-dealkylation sites (tertiary alicyclic amines) is 1. The third kappa shape index (κ3) is 7.92. The van der Waals surface area contributed by atoms with Crippen LogP contribution in [0.2, 0.25) is 0 Å². The minimum absolute atomic E-state index is 0.0690. The highest BCUT2D eigenvalue weighted by atomic mass is 16.4. The third-order valence-corrected chi connectivity index (χ3v) is 5.87. The highest BCUT2D eigenvalue weighted by Crippen LogP contribution is 2.20. The number of aliphatic hydroxyl groups is 1. The summed E-state index contributed by atoms with van der Waals surface area (Å²) in [4.78, 5) is 62.3. The van der Waals surface area contributed by atoms with Crippen molar-refractivity contribution < 1.29 is 44.4 Å². The number of nitrogens with two attached hydrogens (primary N) is 1. The first-order chi connectivity index (χ1) is 16.9. The van der Waals surface area contributed by atoms with E-state index in [1.165, 1.54) is 17.0 Å². The first kappa shape index (κ1) is 28.5. The summed E-state index contributed by atoms with van der Waals surface area (Å²) in [6.45, 7) is 1.42. The number of amides is 3. The van der Waals surface area contributed by atoms with Gasteiger partial charge in [-0.25, -0.2) is 4.79 Å². The van der Waals surface area contributed by atoms with Crippen LogP contribution in [0.15, 0.2) is 24.3 Å². The number of hydrogen-bond acceptors (Lipinski definition) is 8. The summed E-state index contributed by atoms with van der Waals surface area (Å²) in [6.07, 6.45) is -1.30. The fraction of sp³-hybridized carbons (Fsp3) is 0.522. The van der Waals surface area contributed by atoms with Crippen LogP contribution in [-0.4, -0.2) is 91.8 Å². The Morgan fingerprint density at radius 2 is 1.75 bits per heavy atom. The molecule has 0 saturated carbocycles. The van der Waals surface area contributed by atoms with Crippen molar-refractivity contribution in [3.05, 3.63) is 29.8 Å². The van der Waals surface area contributed by atoms with E-state index in [-0.39, 0.29) is 25.1 Å². The number of nitrogens with one attached hydrogen (secondary N) is 2. The number of aliphatic carboxylic acids is 2. The van der Waals surface area contributed by atoms with Gasteiger partial charge in [0, 0.05) is 13.0 Å². The Bertz CT molecular complexity index is 967. The zero-order valence-electron chi connectivity index (χ0n) is 19.8. The van der Waals surface area contributed by atoms with Crippen LogP contribution < -0.4 is 16.4 Å². The lowest BCUT2D eigenvalue weighted by molar-refractivity contribution is -0.146. The van der Waals surface area contributed by atoms with E-state index in [0.717, 1.165) is 6.92 Å². The number of benzene rings is 1. The Hall–Kier alpha value is -3.71. The van der Waals surface area contributed by atoms with E-state index >= 15 is 0 Å². The molecular formula is C23H32N4O9. The molecule has 1 saturated heterocycles. The SMILES string of the molecule is CC(O)C(NC(=O)C(CCC(=O)O)NC(=O)C1CCCN1C(=O)C(N)Cc1ccc(O)cc1)C(=O)O. The van der Waals surface area contributed by atoms with Crippen LogP contribution in [0, 0.1) is 0 Å². The fourth-order valence-electron chi connectivity index (χ4n) is 3.94. The molecule has 13 nitrogen and oxygen atoms in total. The molecule has 3 amide bonds. The quantitative estimate of drug-likeness (QED) is 0.174. The van der Waals surface area contributed by atoms with Crippen molar-refractivity contribution in [1.29, 1.82) is 0 Å². The molecule has 2 rings (SSSR count). The summed E-state index contributed by atoms with van der Waals surface area (Å²) in [7, 11) is 0. The average Bonchev–Trinajstić information content (AvgIpc) is 3.30. The van der Waals surface area contributed by atoms with Crippen molar-refractivity contribution >= 4 is 29.7 Å². The molecule has 5 unspecified atom stereocenters. The molecule has 0 spiro atoms. The number of hydrogen-bond donors (Lipinski definition) is 7. The standard InChI is InChI=1S/C23H32N4O9/c1-12(28)19(23(35)36)26-20(32)16(8-9-18(30)31)25-21(33)17-3-2-10-27(17)22(34)15(24)11-13-4-6-14(29)7-5-13/h4-7,12,15-17,19,28-29H,2-3,8-11,24H2,1H3,(H,25,33)(H,26,32)(H,30,31)(H,35,36). The van der Waals surface area contributed by atoms with Crippen LogP contribution in [-0.2, 0) is 30.4 Å². The van der Waals surface area contributed by atoms with Gasteiger partial charge in [-0.05, 0) is 50.3 Å². The molecular weight excluding hydrogens is 476 g/mol. The summed E-state index contributed by atoms with van der Waals surface area (Å²) in [5.41, 5.74) is 6.79. The van der Waals surface area contributed by atoms with Gasteiger partial charge in [0.15, 0.2) is 6.04 Å². The number of carbonyl (C=O) groups is 5. The Morgan fingerprint density at radius 3 is 2.31 bits per heavy atom. The van der Waals surface area contributed by atoms with Gasteiger partial charge in [0.1, 0.15) is 17.8 Å². The molecule has 0 aromatic heterocycles. The highest BCUT2D eigenvalue weighted by molar-refractivity contribution is 5.94. The summed E-state index contributed by atoms with van der Waals surface area (Å²) in [5, 5.41) is 41.7. The van der Waals surface area contributed by atoms with Crippen molar-refractivity contribution in [3.8, 4) is 5.75 Å². The maximum absolute atomic E-state index is 13.0. The van der Waals surface area contributed by atoms with Crippen LogP contribution in [0.5, 0.6) is 5.75 Å². The summed E-state index contributed by atoms with van der Waals surface area (Å²) >= 11 is 0. The minimum Gasteiger partial charge on any atom is -0.508 e. The second-order valence-electron chi connectivity index (χ2n) is 8.73. The van der Waals surface area contributed by atoms with Crippen molar-refractivity contribution in [2.45, 2.75) is 69.3 Å². The maximum atomic E-state index is 13.0. The van der Waals surface area contributed by atoms with Gasteiger partial charge in [0.25, 0.3) is 0 Å². The first-order valence-corrected chi connectivity index (χ1v) is 11.5. The van der Waals surface area contributed by atoms with Crippen LogP contribution in [0.3, 0.4) is 0 Å². The van der Waals surface area contributed by atoms with E-state index in [9.17, 15) is 39.3 Å². The number of aromatic hydroxyl groups is 1. The molecule has 0 radical (unpaired) electrons. The topological polar surface area (TPSA) is 220 Å². The molecule has 1 heterocycles. The molecule has 1 aliphatic rings. The molecule has 1 fully saturated rings. The number of carboxylic acids is 2. The monoisotopic (exact) mass is 508 g/mol. The number of nitrogens with zero attached hydrogens (tertiary/aromatic N) is 1. The molecule has 13 heteroatoms. The van der Waals surface area contributed by atoms with E-state index in [1.807, 2.05) is 0 Å². The number of rotatable bonds is 12. The predicted octanol–water partition coefficient (Wildman–Crippen LogP) is -1.45. The van der Waals surface area contributed by atoms with Gasteiger partial charge in [0.2, 0.25) is 17.7 Å². The second-order valence-corrected chi connectivity index (χ2v) is 8.73. The van der Waals surface area contributed by atoms with E-state index in [1.54, 1.807) is 12.1 Å². The predicted molar refractivity (Wildman–Crippen MR) is 125 cm³/mol. The smallest absolute Gasteiger partial charge is 0.328 e. The van der Waals surface area contributed by atoms with Crippen LogP contribution >= 0.6 is 0 Å². The number of aliphatic hydroxyl groups excluding tert-OH is 1. The maximum Gasteiger partial charge on any atom is 0.328 e. The Kier molecular flexibility index (Phi) is 10.2.